The molecule has 2 aliphatic carbocycles. The molecule has 0 amide bonds. The van der Waals surface area contributed by atoms with Crippen LogP contribution in [0.3, 0.4) is 0 Å². The van der Waals surface area contributed by atoms with E-state index in [0.717, 1.165) is 0 Å². The molecule has 2 aliphatic rings. The summed E-state index contributed by atoms with van der Waals surface area (Å²) < 4.78 is 2.27. The van der Waals surface area contributed by atoms with Gasteiger partial charge in [-0.25, -0.2) is 14.6 Å². The number of rotatable bonds is 3. The fourth-order valence-corrected chi connectivity index (χ4v) is 4.46. The Kier molecular flexibility index (Phi) is 4.61. The van der Waals surface area contributed by atoms with E-state index in [0.29, 0.717) is 29.0 Å². The summed E-state index contributed by atoms with van der Waals surface area (Å²) in [4.78, 5) is 9.22. The lowest BCUT2D eigenvalue weighted by atomic mass is 9.75. The maximum absolute atomic E-state index is 4.95. The van der Waals surface area contributed by atoms with Gasteiger partial charge >= 0.3 is 0 Å². The summed E-state index contributed by atoms with van der Waals surface area (Å²) in [5, 5.41) is 11.8. The quantitative estimate of drug-likeness (QED) is 0.825. The van der Waals surface area contributed by atoms with Gasteiger partial charge in [0, 0.05) is 5.92 Å². The van der Waals surface area contributed by atoms with Crippen molar-refractivity contribution in [3.63, 3.8) is 0 Å². The van der Waals surface area contributed by atoms with Gasteiger partial charge in [0.1, 0.15) is 12.2 Å². The van der Waals surface area contributed by atoms with Gasteiger partial charge in [-0.1, -0.05) is 39.5 Å². The minimum absolute atomic E-state index is 0.466. The van der Waals surface area contributed by atoms with Crippen molar-refractivity contribution < 1.29 is 0 Å². The molecule has 0 radical (unpaired) electrons. The van der Waals surface area contributed by atoms with Gasteiger partial charge in [0.15, 0.2) is 5.82 Å². The van der Waals surface area contributed by atoms with E-state index < -0.39 is 0 Å². The minimum atomic E-state index is 0.466. The molecule has 0 aliphatic heterocycles. The van der Waals surface area contributed by atoms with E-state index >= 15 is 0 Å². The fraction of sp³-hybridized carbons (Fsp3) is 0.789. The molecule has 0 aromatic carbocycles. The number of H-pyrrole nitrogens is 1. The molecule has 0 saturated heterocycles. The van der Waals surface area contributed by atoms with Gasteiger partial charge in [0.2, 0.25) is 5.82 Å². The van der Waals surface area contributed by atoms with Gasteiger partial charge in [-0.05, 0) is 43.9 Å². The molecule has 136 valence electrons. The zero-order valence-corrected chi connectivity index (χ0v) is 15.5. The first-order valence-corrected chi connectivity index (χ1v) is 9.95. The lowest BCUT2D eigenvalue weighted by Crippen LogP contribution is -2.26. The van der Waals surface area contributed by atoms with Crippen molar-refractivity contribution in [2.75, 3.05) is 0 Å². The van der Waals surface area contributed by atoms with E-state index in [4.69, 9.17) is 10.1 Å². The number of aromatic amines is 1. The van der Waals surface area contributed by atoms with Crippen LogP contribution in [0.25, 0.3) is 11.6 Å². The highest BCUT2D eigenvalue weighted by molar-refractivity contribution is 5.41. The van der Waals surface area contributed by atoms with E-state index in [1.54, 1.807) is 0 Å². The Morgan fingerprint density at radius 2 is 1.76 bits per heavy atom. The van der Waals surface area contributed by atoms with Crippen molar-refractivity contribution in [1.82, 2.24) is 29.9 Å². The molecule has 0 unspecified atom stereocenters. The summed E-state index contributed by atoms with van der Waals surface area (Å²) in [6.07, 6.45) is 14.3. The number of hydrogen-bond donors (Lipinski definition) is 1. The molecule has 2 aromatic rings. The van der Waals surface area contributed by atoms with Crippen LogP contribution >= 0.6 is 0 Å². The number of aromatic nitrogens is 6. The van der Waals surface area contributed by atoms with Gasteiger partial charge in [-0.15, -0.1) is 5.10 Å². The summed E-state index contributed by atoms with van der Waals surface area (Å²) in [6.45, 7) is 4.77. The highest BCUT2D eigenvalue weighted by Gasteiger charge is 2.32. The van der Waals surface area contributed by atoms with Crippen LogP contribution in [0, 0.1) is 5.41 Å². The Hall–Kier alpha value is -1.72. The second-order valence-electron chi connectivity index (χ2n) is 8.66. The molecule has 0 spiro atoms. The molecule has 1 N–H and O–H groups in total. The molecular weight excluding hydrogens is 312 g/mol. The van der Waals surface area contributed by atoms with Crippen LogP contribution in [0.2, 0.25) is 0 Å². The Morgan fingerprint density at radius 1 is 1.04 bits per heavy atom. The fourth-order valence-electron chi connectivity index (χ4n) is 4.46. The predicted octanol–water partition coefficient (Wildman–Crippen LogP) is 4.64. The van der Waals surface area contributed by atoms with Crippen LogP contribution < -0.4 is 0 Å². The van der Waals surface area contributed by atoms with Crippen LogP contribution in [0.1, 0.15) is 95.8 Å². The molecule has 0 bridgehead atoms. The second kappa shape index (κ2) is 6.89. The monoisotopic (exact) mass is 342 g/mol. The predicted molar refractivity (Wildman–Crippen MR) is 97.1 cm³/mol. The van der Waals surface area contributed by atoms with Crippen LogP contribution in [0.5, 0.6) is 0 Å². The van der Waals surface area contributed by atoms with Crippen LogP contribution in [-0.4, -0.2) is 29.9 Å². The van der Waals surface area contributed by atoms with Gasteiger partial charge < -0.3 is 0 Å². The van der Waals surface area contributed by atoms with E-state index in [1.165, 1.54) is 76.4 Å². The standard InChI is InChI=1S/C19H30N6/c1-19(2)11-9-15(10-12-19)25-18(14-7-5-3-4-6-8-14)22-17(24-25)16-20-13-21-23-16/h13-15H,3-12H2,1-2H3,(H,20,21,23). The molecular formula is C19H30N6. The zero-order valence-electron chi connectivity index (χ0n) is 15.5. The normalized spacial score (nSPS) is 22.8. The Labute approximate surface area is 149 Å². The van der Waals surface area contributed by atoms with Crippen molar-refractivity contribution >= 4 is 0 Å². The number of nitrogens with one attached hydrogen (secondary N) is 1. The first-order valence-electron chi connectivity index (χ1n) is 9.95. The van der Waals surface area contributed by atoms with E-state index in [2.05, 4.69) is 33.7 Å². The average molecular weight is 342 g/mol. The molecule has 6 heteroatoms. The first kappa shape index (κ1) is 16.7. The van der Waals surface area contributed by atoms with Crippen LogP contribution in [-0.2, 0) is 0 Å². The summed E-state index contributed by atoms with van der Waals surface area (Å²) in [7, 11) is 0. The van der Waals surface area contributed by atoms with Crippen LogP contribution in [0.4, 0.5) is 0 Å². The molecule has 2 heterocycles. The molecule has 0 atom stereocenters. The van der Waals surface area contributed by atoms with E-state index in [-0.39, 0.29) is 0 Å². The molecule has 2 fully saturated rings. The van der Waals surface area contributed by atoms with Gasteiger partial charge in [-0.2, -0.15) is 5.10 Å². The van der Waals surface area contributed by atoms with Crippen molar-refractivity contribution in [2.24, 2.45) is 5.41 Å². The molecule has 4 rings (SSSR count). The van der Waals surface area contributed by atoms with Gasteiger partial charge in [0.25, 0.3) is 0 Å². The summed E-state index contributed by atoms with van der Waals surface area (Å²) in [5.74, 6) is 3.13. The lowest BCUT2D eigenvalue weighted by molar-refractivity contribution is 0.182. The van der Waals surface area contributed by atoms with Crippen molar-refractivity contribution in [3.05, 3.63) is 12.2 Å². The Morgan fingerprint density at radius 3 is 2.40 bits per heavy atom. The van der Waals surface area contributed by atoms with Gasteiger partial charge in [0.05, 0.1) is 6.04 Å². The number of hydrogen-bond acceptors (Lipinski definition) is 4. The van der Waals surface area contributed by atoms with Crippen molar-refractivity contribution in [2.45, 2.75) is 90.0 Å². The topological polar surface area (TPSA) is 72.3 Å². The van der Waals surface area contributed by atoms with Gasteiger partial charge in [-0.3, -0.25) is 5.10 Å². The highest BCUT2D eigenvalue weighted by Crippen LogP contribution is 2.42. The smallest absolute Gasteiger partial charge is 0.218 e. The highest BCUT2D eigenvalue weighted by atomic mass is 15.4. The maximum Gasteiger partial charge on any atom is 0.218 e. The van der Waals surface area contributed by atoms with Crippen molar-refractivity contribution in [1.29, 1.82) is 0 Å². The molecule has 25 heavy (non-hydrogen) atoms. The SMILES string of the molecule is CC1(C)CCC(n2nc(-c3ncn[nH]3)nc2C2CCCCCC2)CC1. The third-order valence-corrected chi connectivity index (χ3v) is 6.16. The first-order chi connectivity index (χ1) is 12.1. The molecule has 6 nitrogen and oxygen atoms in total. The molecule has 2 aromatic heterocycles. The largest absolute Gasteiger partial charge is 0.257 e. The maximum atomic E-state index is 4.95. The minimum Gasteiger partial charge on any atom is -0.257 e. The summed E-state index contributed by atoms with van der Waals surface area (Å²) >= 11 is 0. The zero-order chi connectivity index (χ0) is 17.3. The third-order valence-electron chi connectivity index (χ3n) is 6.16. The summed E-state index contributed by atoms with van der Waals surface area (Å²) in [5.41, 5.74) is 0.466. The van der Waals surface area contributed by atoms with Crippen molar-refractivity contribution in [3.8, 4) is 11.6 Å². The molecule has 2 saturated carbocycles. The summed E-state index contributed by atoms with van der Waals surface area (Å²) in [6, 6.07) is 0.482. The lowest BCUT2D eigenvalue weighted by Gasteiger charge is -2.35. The van der Waals surface area contributed by atoms with E-state index in [9.17, 15) is 0 Å². The Balaban J connectivity index is 1.65. The second-order valence-corrected chi connectivity index (χ2v) is 8.66. The Bertz CT molecular complexity index is 669. The number of nitrogens with zero attached hydrogens (tertiary/aromatic N) is 5. The third kappa shape index (κ3) is 3.62. The van der Waals surface area contributed by atoms with E-state index in [1.807, 2.05) is 0 Å². The van der Waals surface area contributed by atoms with Crippen LogP contribution in [0.15, 0.2) is 6.33 Å². The average Bonchev–Trinajstić information content (AvgIpc) is 3.19.